The zero-order chi connectivity index (χ0) is 26.9. The molecule has 0 bridgehead atoms. The number of ether oxygens (including phenoxy) is 1. The van der Waals surface area contributed by atoms with Crippen LogP contribution in [0.15, 0.2) is 52.6 Å². The maximum absolute atomic E-state index is 12.7. The van der Waals surface area contributed by atoms with Crippen LogP contribution in [0.3, 0.4) is 0 Å². The van der Waals surface area contributed by atoms with Gasteiger partial charge in [-0.1, -0.05) is 19.9 Å². The highest BCUT2D eigenvalue weighted by Crippen LogP contribution is 2.38. The highest BCUT2D eigenvalue weighted by atomic mass is 32.2. The number of benzene rings is 2. The molecule has 2 amide bonds. The monoisotopic (exact) mass is 520 g/mol. The van der Waals surface area contributed by atoms with E-state index in [-0.39, 0.29) is 23.1 Å². The molecule has 2 aromatic carbocycles. The molecule has 2 heterocycles. The standard InChI is InChI=1S/C29H36N4O3S/c1-18(2)27(34)33-28(35)37-29(5,6)25(31-33)22-12-15-24-21(17-22)9-8-16-32(24)26(30-19(3)4)20-10-13-23(36-7)14-11-20/h10-15,17-19H,8-9,16H2,1-7H3. The van der Waals surface area contributed by atoms with Crippen molar-refractivity contribution in [2.45, 2.75) is 65.2 Å². The number of imide groups is 1. The highest BCUT2D eigenvalue weighted by Gasteiger charge is 2.40. The summed E-state index contributed by atoms with van der Waals surface area (Å²) in [6.45, 7) is 12.6. The highest BCUT2D eigenvalue weighted by molar-refractivity contribution is 8.15. The second-order valence-corrected chi connectivity index (χ2v) is 12.1. The summed E-state index contributed by atoms with van der Waals surface area (Å²) in [5.41, 5.74) is 5.03. The van der Waals surface area contributed by atoms with Crippen molar-refractivity contribution >= 4 is 40.1 Å². The number of nitrogens with zero attached hydrogens (tertiary/aromatic N) is 4. The van der Waals surface area contributed by atoms with E-state index in [0.29, 0.717) is 0 Å². The van der Waals surface area contributed by atoms with Gasteiger partial charge < -0.3 is 9.64 Å². The number of rotatable bonds is 5. The topological polar surface area (TPSA) is 74.6 Å². The second kappa shape index (κ2) is 10.7. The maximum atomic E-state index is 12.7. The summed E-state index contributed by atoms with van der Waals surface area (Å²) in [6.07, 6.45) is 1.93. The minimum atomic E-state index is -0.555. The lowest BCUT2D eigenvalue weighted by atomic mass is 9.93. The van der Waals surface area contributed by atoms with E-state index in [9.17, 15) is 9.59 Å². The summed E-state index contributed by atoms with van der Waals surface area (Å²) in [5, 5.41) is 5.31. The normalized spacial score (nSPS) is 17.7. The van der Waals surface area contributed by atoms with E-state index in [1.54, 1.807) is 21.0 Å². The Morgan fingerprint density at radius 1 is 1.11 bits per heavy atom. The van der Waals surface area contributed by atoms with E-state index in [1.165, 1.54) is 5.56 Å². The molecule has 0 saturated carbocycles. The molecule has 0 saturated heterocycles. The molecule has 0 fully saturated rings. The fourth-order valence-corrected chi connectivity index (χ4v) is 5.52. The van der Waals surface area contributed by atoms with Crippen molar-refractivity contribution in [1.29, 1.82) is 0 Å². The fourth-order valence-electron chi connectivity index (χ4n) is 4.61. The first-order valence-electron chi connectivity index (χ1n) is 12.8. The third kappa shape index (κ3) is 5.59. The van der Waals surface area contributed by atoms with Gasteiger partial charge in [0.1, 0.15) is 11.6 Å². The molecular weight excluding hydrogens is 484 g/mol. The van der Waals surface area contributed by atoms with Crippen molar-refractivity contribution in [2.75, 3.05) is 18.6 Å². The molecule has 0 unspecified atom stereocenters. The van der Waals surface area contributed by atoms with Crippen LogP contribution >= 0.6 is 11.8 Å². The Labute approximate surface area is 224 Å². The van der Waals surface area contributed by atoms with E-state index in [4.69, 9.17) is 9.73 Å². The molecule has 2 aromatic rings. The quantitative estimate of drug-likeness (QED) is 0.350. The molecule has 2 aliphatic rings. The second-order valence-electron chi connectivity index (χ2n) is 10.5. The van der Waals surface area contributed by atoms with Gasteiger partial charge in [-0.2, -0.15) is 10.1 Å². The lowest BCUT2D eigenvalue weighted by Gasteiger charge is -2.35. The summed E-state index contributed by atoms with van der Waals surface area (Å²) < 4.78 is 4.79. The van der Waals surface area contributed by atoms with Gasteiger partial charge in [-0.25, -0.2) is 0 Å². The third-order valence-electron chi connectivity index (χ3n) is 6.44. The molecule has 37 heavy (non-hydrogen) atoms. The van der Waals surface area contributed by atoms with Crippen LogP contribution in [0.4, 0.5) is 10.5 Å². The zero-order valence-electron chi connectivity index (χ0n) is 22.7. The number of hydrogen-bond acceptors (Lipinski definition) is 6. The van der Waals surface area contributed by atoms with Crippen LogP contribution in [0, 0.1) is 5.92 Å². The predicted molar refractivity (Wildman–Crippen MR) is 152 cm³/mol. The molecule has 4 rings (SSSR count). The Balaban J connectivity index is 1.75. The largest absolute Gasteiger partial charge is 0.497 e. The SMILES string of the molecule is COc1ccc(C(=NC(C)C)N2CCCc3cc(C4=NN(C(=O)C(C)C)C(=O)SC4(C)C)ccc32)cc1. The predicted octanol–water partition coefficient (Wildman–Crippen LogP) is 6.14. The van der Waals surface area contributed by atoms with Gasteiger partial charge in [0.15, 0.2) is 0 Å². The van der Waals surface area contributed by atoms with Crippen LogP contribution in [0.2, 0.25) is 0 Å². The first-order chi connectivity index (χ1) is 17.5. The summed E-state index contributed by atoms with van der Waals surface area (Å²) in [4.78, 5) is 32.7. The van der Waals surface area contributed by atoms with Crippen LogP contribution in [0.5, 0.6) is 5.75 Å². The van der Waals surface area contributed by atoms with Crippen molar-refractivity contribution in [3.8, 4) is 5.75 Å². The number of methoxy groups -OCH3 is 1. The Bertz CT molecular complexity index is 1250. The molecular formula is C29H36N4O3S. The molecule has 8 heteroatoms. The van der Waals surface area contributed by atoms with Gasteiger partial charge in [0, 0.05) is 29.8 Å². The lowest BCUT2D eigenvalue weighted by molar-refractivity contribution is -0.131. The van der Waals surface area contributed by atoms with Gasteiger partial charge in [0.05, 0.1) is 17.6 Å². The molecule has 0 aliphatic carbocycles. The molecule has 2 aliphatic heterocycles. The molecule has 0 spiro atoms. The summed E-state index contributed by atoms with van der Waals surface area (Å²) in [6, 6.07) is 14.5. The van der Waals surface area contributed by atoms with Crippen LogP contribution in [0.1, 0.15) is 64.7 Å². The molecule has 0 aromatic heterocycles. The third-order valence-corrected chi connectivity index (χ3v) is 7.50. The molecule has 0 N–H and O–H groups in total. The van der Waals surface area contributed by atoms with Crippen LogP contribution < -0.4 is 9.64 Å². The van der Waals surface area contributed by atoms with Gasteiger partial charge in [-0.3, -0.25) is 14.6 Å². The Kier molecular flexibility index (Phi) is 7.78. The Hall–Kier alpha value is -3.13. The van der Waals surface area contributed by atoms with Gasteiger partial charge in [-0.15, -0.1) is 0 Å². The lowest BCUT2D eigenvalue weighted by Crippen LogP contribution is -2.44. The van der Waals surface area contributed by atoms with Crippen LogP contribution in [-0.4, -0.2) is 52.1 Å². The number of amides is 2. The number of hydrogen-bond donors (Lipinski definition) is 0. The van der Waals surface area contributed by atoms with Gasteiger partial charge in [-0.05, 0) is 99.8 Å². The number of anilines is 1. The summed E-state index contributed by atoms with van der Waals surface area (Å²) in [7, 11) is 1.67. The first kappa shape index (κ1) is 26.9. The minimum Gasteiger partial charge on any atom is -0.497 e. The smallest absolute Gasteiger partial charge is 0.310 e. The average molecular weight is 521 g/mol. The minimum absolute atomic E-state index is 0.137. The number of aliphatic imine (C=N–C) groups is 1. The van der Waals surface area contributed by atoms with Gasteiger partial charge in [0.25, 0.3) is 5.91 Å². The van der Waals surface area contributed by atoms with Crippen molar-refractivity contribution in [3.63, 3.8) is 0 Å². The summed E-state index contributed by atoms with van der Waals surface area (Å²) >= 11 is 1.15. The Morgan fingerprint density at radius 3 is 2.43 bits per heavy atom. The zero-order valence-corrected chi connectivity index (χ0v) is 23.6. The first-order valence-corrected chi connectivity index (χ1v) is 13.6. The number of thioether (sulfide) groups is 1. The van der Waals surface area contributed by atoms with Crippen molar-refractivity contribution in [1.82, 2.24) is 5.01 Å². The van der Waals surface area contributed by atoms with E-state index in [1.807, 2.05) is 32.0 Å². The number of fused-ring (bicyclic) bond motifs is 1. The van der Waals surface area contributed by atoms with Crippen molar-refractivity contribution in [2.24, 2.45) is 16.0 Å². The fraction of sp³-hybridized carbons (Fsp3) is 0.448. The van der Waals surface area contributed by atoms with Gasteiger partial charge in [0.2, 0.25) is 0 Å². The molecule has 196 valence electrons. The number of amidine groups is 1. The van der Waals surface area contributed by atoms with Crippen molar-refractivity contribution < 1.29 is 14.3 Å². The van der Waals surface area contributed by atoms with E-state index in [0.717, 1.165) is 70.3 Å². The number of carbonyl (C=O) groups excluding carboxylic acids is 2. The van der Waals surface area contributed by atoms with Crippen LogP contribution in [0.25, 0.3) is 0 Å². The molecule has 0 radical (unpaired) electrons. The molecule has 0 atom stereocenters. The van der Waals surface area contributed by atoms with Crippen molar-refractivity contribution in [3.05, 3.63) is 59.2 Å². The summed E-state index contributed by atoms with van der Waals surface area (Å²) in [5.74, 6) is 1.15. The molecule has 7 nitrogen and oxygen atoms in total. The average Bonchev–Trinajstić information content (AvgIpc) is 2.86. The number of carbonyl (C=O) groups is 2. The van der Waals surface area contributed by atoms with Gasteiger partial charge >= 0.3 is 5.24 Å². The number of aryl methyl sites for hydroxylation is 1. The van der Waals surface area contributed by atoms with E-state index in [2.05, 4.69) is 48.1 Å². The maximum Gasteiger partial charge on any atom is 0.310 e. The van der Waals surface area contributed by atoms with E-state index >= 15 is 0 Å². The van der Waals surface area contributed by atoms with E-state index < -0.39 is 4.75 Å². The number of hydrazone groups is 1. The van der Waals surface area contributed by atoms with Crippen LogP contribution in [-0.2, 0) is 11.2 Å². The Morgan fingerprint density at radius 2 is 1.81 bits per heavy atom.